The standard InChI is InChI=1S/C15H22N2O3/c1-15(10-16-11-15)20-9-14(18)17-8-7-12-3-5-13(19-2)6-4-12/h3-6,16H,7-11H2,1-2H3,(H,17,18). The Morgan fingerprint density at radius 1 is 1.35 bits per heavy atom. The minimum atomic E-state index is -0.173. The van der Waals surface area contributed by atoms with E-state index in [2.05, 4.69) is 10.6 Å². The Morgan fingerprint density at radius 2 is 2.05 bits per heavy atom. The van der Waals surface area contributed by atoms with Gasteiger partial charge in [-0.1, -0.05) is 12.1 Å². The number of methoxy groups -OCH3 is 1. The first-order valence-electron chi connectivity index (χ1n) is 6.86. The second kappa shape index (κ2) is 6.72. The van der Waals surface area contributed by atoms with E-state index in [1.54, 1.807) is 7.11 Å². The number of benzene rings is 1. The van der Waals surface area contributed by atoms with Crippen LogP contribution in [0, 0.1) is 0 Å². The zero-order valence-electron chi connectivity index (χ0n) is 12.1. The van der Waals surface area contributed by atoms with E-state index in [-0.39, 0.29) is 18.1 Å². The van der Waals surface area contributed by atoms with Crippen LogP contribution in [0.3, 0.4) is 0 Å². The number of carbonyl (C=O) groups is 1. The van der Waals surface area contributed by atoms with Crippen LogP contribution in [-0.2, 0) is 16.0 Å². The molecule has 0 unspecified atom stereocenters. The van der Waals surface area contributed by atoms with Crippen molar-refractivity contribution in [3.63, 3.8) is 0 Å². The van der Waals surface area contributed by atoms with Gasteiger partial charge in [0.05, 0.1) is 12.7 Å². The van der Waals surface area contributed by atoms with Crippen molar-refractivity contribution in [1.29, 1.82) is 0 Å². The van der Waals surface area contributed by atoms with Gasteiger partial charge in [0.25, 0.3) is 0 Å². The Labute approximate surface area is 119 Å². The number of amides is 1. The fourth-order valence-corrected chi connectivity index (χ4v) is 2.01. The predicted octanol–water partition coefficient (Wildman–Crippen LogP) is 0.732. The van der Waals surface area contributed by atoms with Gasteiger partial charge < -0.3 is 20.1 Å². The van der Waals surface area contributed by atoms with Gasteiger partial charge in [-0.2, -0.15) is 0 Å². The van der Waals surface area contributed by atoms with Crippen molar-refractivity contribution < 1.29 is 14.3 Å². The molecule has 20 heavy (non-hydrogen) atoms. The average molecular weight is 278 g/mol. The van der Waals surface area contributed by atoms with Gasteiger partial charge in [-0.3, -0.25) is 4.79 Å². The van der Waals surface area contributed by atoms with Crippen LogP contribution in [0.15, 0.2) is 24.3 Å². The second-order valence-corrected chi connectivity index (χ2v) is 5.29. The molecule has 0 bridgehead atoms. The molecular weight excluding hydrogens is 256 g/mol. The third kappa shape index (κ3) is 4.21. The first-order chi connectivity index (χ1) is 9.61. The largest absolute Gasteiger partial charge is 0.497 e. The molecule has 2 rings (SSSR count). The number of nitrogens with one attached hydrogen (secondary N) is 2. The van der Waals surface area contributed by atoms with Gasteiger partial charge in [-0.05, 0) is 31.0 Å². The van der Waals surface area contributed by atoms with Crippen molar-refractivity contribution in [2.75, 3.05) is 33.4 Å². The van der Waals surface area contributed by atoms with Crippen LogP contribution < -0.4 is 15.4 Å². The van der Waals surface area contributed by atoms with Gasteiger partial charge in [0.2, 0.25) is 5.91 Å². The SMILES string of the molecule is COc1ccc(CCNC(=O)COC2(C)CNC2)cc1. The molecule has 0 atom stereocenters. The van der Waals surface area contributed by atoms with Gasteiger partial charge in [-0.15, -0.1) is 0 Å². The van der Waals surface area contributed by atoms with Gasteiger partial charge in [0.1, 0.15) is 12.4 Å². The highest BCUT2D eigenvalue weighted by Crippen LogP contribution is 2.14. The van der Waals surface area contributed by atoms with Crippen LogP contribution in [0.5, 0.6) is 5.75 Å². The predicted molar refractivity (Wildman–Crippen MR) is 76.9 cm³/mol. The Balaban J connectivity index is 1.63. The smallest absolute Gasteiger partial charge is 0.246 e. The zero-order chi connectivity index (χ0) is 14.4. The summed E-state index contributed by atoms with van der Waals surface area (Å²) >= 11 is 0. The number of hydrogen-bond acceptors (Lipinski definition) is 4. The molecule has 1 aliphatic rings. The van der Waals surface area contributed by atoms with Crippen molar-refractivity contribution >= 4 is 5.91 Å². The van der Waals surface area contributed by atoms with E-state index in [9.17, 15) is 4.79 Å². The van der Waals surface area contributed by atoms with E-state index >= 15 is 0 Å². The van der Waals surface area contributed by atoms with Crippen molar-refractivity contribution in [1.82, 2.24) is 10.6 Å². The Bertz CT molecular complexity index is 441. The maximum absolute atomic E-state index is 11.6. The maximum atomic E-state index is 11.6. The average Bonchev–Trinajstić information content (AvgIpc) is 2.44. The minimum Gasteiger partial charge on any atom is -0.497 e. The molecule has 0 aromatic heterocycles. The summed E-state index contributed by atoms with van der Waals surface area (Å²) in [6.45, 7) is 4.37. The minimum absolute atomic E-state index is 0.0633. The van der Waals surface area contributed by atoms with Crippen molar-refractivity contribution in [2.24, 2.45) is 0 Å². The summed E-state index contributed by atoms with van der Waals surface area (Å²) in [6.07, 6.45) is 0.800. The summed E-state index contributed by atoms with van der Waals surface area (Å²) < 4.78 is 10.7. The van der Waals surface area contributed by atoms with Crippen LogP contribution in [0.4, 0.5) is 0 Å². The van der Waals surface area contributed by atoms with E-state index in [0.29, 0.717) is 6.54 Å². The Hall–Kier alpha value is -1.59. The second-order valence-electron chi connectivity index (χ2n) is 5.29. The number of carbonyl (C=O) groups excluding carboxylic acids is 1. The highest BCUT2D eigenvalue weighted by Gasteiger charge is 2.32. The maximum Gasteiger partial charge on any atom is 0.246 e. The third-order valence-corrected chi connectivity index (χ3v) is 3.44. The van der Waals surface area contributed by atoms with Crippen molar-refractivity contribution in [3.8, 4) is 5.75 Å². The molecule has 0 radical (unpaired) electrons. The van der Waals surface area contributed by atoms with Gasteiger partial charge in [0, 0.05) is 19.6 Å². The molecule has 1 saturated heterocycles. The molecule has 0 aliphatic carbocycles. The van der Waals surface area contributed by atoms with Crippen LogP contribution in [0.1, 0.15) is 12.5 Å². The lowest BCUT2D eigenvalue weighted by Gasteiger charge is -2.38. The normalized spacial score (nSPS) is 16.3. The molecule has 0 spiro atoms. The highest BCUT2D eigenvalue weighted by molar-refractivity contribution is 5.77. The first kappa shape index (κ1) is 14.8. The molecule has 1 fully saturated rings. The molecule has 110 valence electrons. The van der Waals surface area contributed by atoms with E-state index in [1.165, 1.54) is 5.56 Å². The molecule has 2 N–H and O–H groups in total. The highest BCUT2D eigenvalue weighted by atomic mass is 16.5. The quantitative estimate of drug-likeness (QED) is 0.772. The van der Waals surface area contributed by atoms with Crippen LogP contribution in [0.25, 0.3) is 0 Å². The lowest BCUT2D eigenvalue weighted by atomic mass is 10.0. The van der Waals surface area contributed by atoms with Crippen molar-refractivity contribution in [2.45, 2.75) is 18.9 Å². The molecule has 1 heterocycles. The zero-order valence-corrected chi connectivity index (χ0v) is 12.1. The van der Waals surface area contributed by atoms with E-state index < -0.39 is 0 Å². The molecule has 5 heteroatoms. The Morgan fingerprint density at radius 3 is 2.60 bits per heavy atom. The van der Waals surface area contributed by atoms with E-state index in [4.69, 9.17) is 9.47 Å². The fraction of sp³-hybridized carbons (Fsp3) is 0.533. The molecule has 1 amide bonds. The van der Waals surface area contributed by atoms with E-state index in [1.807, 2.05) is 31.2 Å². The summed E-state index contributed by atoms with van der Waals surface area (Å²) in [4.78, 5) is 11.6. The third-order valence-electron chi connectivity index (χ3n) is 3.44. The molecule has 1 aromatic rings. The molecular formula is C15H22N2O3. The molecule has 1 aliphatic heterocycles. The lowest BCUT2D eigenvalue weighted by molar-refractivity contribution is -0.135. The van der Waals surface area contributed by atoms with Crippen LogP contribution in [0.2, 0.25) is 0 Å². The van der Waals surface area contributed by atoms with Crippen LogP contribution >= 0.6 is 0 Å². The molecule has 0 saturated carbocycles. The summed E-state index contributed by atoms with van der Waals surface area (Å²) in [5.74, 6) is 0.778. The number of ether oxygens (including phenoxy) is 2. The molecule has 1 aromatic carbocycles. The summed E-state index contributed by atoms with van der Waals surface area (Å²) in [5, 5.41) is 6.00. The molecule has 5 nitrogen and oxygen atoms in total. The number of rotatable bonds is 7. The first-order valence-corrected chi connectivity index (χ1v) is 6.86. The summed E-state index contributed by atoms with van der Waals surface area (Å²) in [6, 6.07) is 7.85. The van der Waals surface area contributed by atoms with Gasteiger partial charge in [-0.25, -0.2) is 0 Å². The van der Waals surface area contributed by atoms with Crippen molar-refractivity contribution in [3.05, 3.63) is 29.8 Å². The summed E-state index contributed by atoms with van der Waals surface area (Å²) in [7, 11) is 1.65. The monoisotopic (exact) mass is 278 g/mol. The fourth-order valence-electron chi connectivity index (χ4n) is 2.01. The van der Waals surface area contributed by atoms with Crippen LogP contribution in [-0.4, -0.2) is 44.9 Å². The van der Waals surface area contributed by atoms with Gasteiger partial charge in [0.15, 0.2) is 0 Å². The number of hydrogen-bond donors (Lipinski definition) is 2. The topological polar surface area (TPSA) is 59.6 Å². The van der Waals surface area contributed by atoms with Gasteiger partial charge >= 0.3 is 0 Å². The lowest BCUT2D eigenvalue weighted by Crippen LogP contribution is -2.59. The Kier molecular flexibility index (Phi) is 4.98. The summed E-state index contributed by atoms with van der Waals surface area (Å²) in [5.41, 5.74) is 0.995. The van der Waals surface area contributed by atoms with E-state index in [0.717, 1.165) is 25.3 Å².